The van der Waals surface area contributed by atoms with Gasteiger partial charge in [0.2, 0.25) is 6.04 Å². The largest absolute Gasteiger partial charge is 0.319 e. The van der Waals surface area contributed by atoms with E-state index in [4.69, 9.17) is 0 Å². The van der Waals surface area contributed by atoms with Crippen LogP contribution in [-0.4, -0.2) is 26.3 Å². The molecular weight excluding hydrogens is 188 g/mol. The van der Waals surface area contributed by atoms with Crippen LogP contribution in [0.2, 0.25) is 0 Å². The predicted molar refractivity (Wildman–Crippen MR) is 33.1 cm³/mol. The Kier molecular flexibility index (Phi) is 2.24. The van der Waals surface area contributed by atoms with E-state index < -0.39 is 28.4 Å². The van der Waals surface area contributed by atoms with E-state index in [0.29, 0.717) is 0 Å². The van der Waals surface area contributed by atoms with E-state index in [0.717, 1.165) is 0 Å². The van der Waals surface area contributed by atoms with Gasteiger partial charge in [-0.05, 0) is 0 Å². The maximum absolute atomic E-state index is 10.7. The van der Waals surface area contributed by atoms with Crippen molar-refractivity contribution in [3.05, 3.63) is 0 Å². The molecule has 0 radical (unpaired) electrons. The molecule has 0 saturated heterocycles. The van der Waals surface area contributed by atoms with Gasteiger partial charge in [-0.15, -0.1) is 5.11 Å². The molecule has 9 heteroatoms. The fourth-order valence-corrected chi connectivity index (χ4v) is 0.781. The van der Waals surface area contributed by atoms with E-state index in [-0.39, 0.29) is 0 Å². The van der Waals surface area contributed by atoms with Crippen molar-refractivity contribution in [3.8, 4) is 0 Å². The number of amides is 2. The Labute approximate surface area is 67.3 Å². The molecule has 0 saturated carbocycles. The van der Waals surface area contributed by atoms with E-state index in [2.05, 4.69) is 14.7 Å². The summed E-state index contributed by atoms with van der Waals surface area (Å²) in [4.78, 5) is 21.3. The van der Waals surface area contributed by atoms with E-state index in [1.54, 1.807) is 0 Å². The predicted octanol–water partition coefficient (Wildman–Crippen LogP) is -1.56. The number of nitrogens with zero attached hydrogens (tertiary/aromatic N) is 3. The summed E-state index contributed by atoms with van der Waals surface area (Å²) in [5.74, 6) is -1.93. The fraction of sp³-hybridized carbons (Fsp3) is 0.333. The number of rotatable bonds is 1. The molecule has 0 aromatic heterocycles. The highest BCUT2D eigenvalue weighted by Gasteiger charge is 2.30. The maximum Gasteiger partial charge on any atom is 0.319 e. The minimum atomic E-state index is -2.86. The summed E-state index contributed by atoms with van der Waals surface area (Å²) >= 11 is 0. The molecule has 1 aliphatic rings. The highest BCUT2D eigenvalue weighted by atomic mass is 32.2. The average molecular weight is 190 g/mol. The van der Waals surface area contributed by atoms with Crippen LogP contribution >= 0.6 is 0 Å². The molecule has 8 nitrogen and oxygen atoms in total. The van der Waals surface area contributed by atoms with Crippen LogP contribution in [0.4, 0.5) is 0 Å². The molecule has 1 N–H and O–H groups in total. The van der Waals surface area contributed by atoms with E-state index in [1.165, 1.54) is 0 Å². The summed E-state index contributed by atoms with van der Waals surface area (Å²) in [5, 5.41) is 6.14. The molecule has 12 heavy (non-hydrogen) atoms. The minimum Gasteiger partial charge on any atom is -0.270 e. The van der Waals surface area contributed by atoms with E-state index in [9.17, 15) is 18.0 Å². The summed E-state index contributed by atoms with van der Waals surface area (Å²) in [6.45, 7) is 0. The minimum absolute atomic E-state index is 0.783. The molecule has 0 aliphatic carbocycles. The smallest absolute Gasteiger partial charge is 0.270 e. The first-order valence-corrected chi connectivity index (χ1v) is 3.69. The van der Waals surface area contributed by atoms with Crippen molar-refractivity contribution in [1.82, 2.24) is 5.43 Å². The molecule has 0 fully saturated rings. The van der Waals surface area contributed by atoms with Gasteiger partial charge >= 0.3 is 10.5 Å². The lowest BCUT2D eigenvalue weighted by Crippen LogP contribution is -2.29. The number of hydrogen-bond donors (Lipinski definition) is 1. The molecule has 2 amide bonds. The third-order valence-electron chi connectivity index (χ3n) is 0.980. The summed E-state index contributed by atoms with van der Waals surface area (Å²) < 4.78 is 22.3. The van der Waals surface area contributed by atoms with E-state index >= 15 is 0 Å². The highest BCUT2D eigenvalue weighted by molar-refractivity contribution is 7.62. The van der Waals surface area contributed by atoms with Gasteiger partial charge in [0.25, 0.3) is 11.8 Å². The van der Waals surface area contributed by atoms with Gasteiger partial charge in [0.1, 0.15) is 0 Å². The van der Waals surface area contributed by atoms with Gasteiger partial charge in [-0.2, -0.15) is 8.42 Å². The lowest BCUT2D eigenvalue weighted by molar-refractivity contribution is -0.127. The molecule has 0 spiro atoms. The third kappa shape index (κ3) is 1.69. The van der Waals surface area contributed by atoms with Crippen molar-refractivity contribution < 1.29 is 18.0 Å². The van der Waals surface area contributed by atoms with Crippen LogP contribution < -0.4 is 5.43 Å². The topological polar surface area (TPSA) is 117 Å². The quantitative estimate of drug-likeness (QED) is 0.503. The van der Waals surface area contributed by atoms with Gasteiger partial charge in [0, 0.05) is 0 Å². The summed E-state index contributed by atoms with van der Waals surface area (Å²) in [5.41, 5.74) is 1.86. The van der Waals surface area contributed by atoms with Crippen molar-refractivity contribution in [3.63, 3.8) is 0 Å². The number of carbonyl (C=O) groups excluding carboxylic acids is 2. The number of nitrogens with one attached hydrogen (secondary N) is 1. The lowest BCUT2D eigenvalue weighted by Gasteiger charge is -1.91. The fourth-order valence-electron chi connectivity index (χ4n) is 0.534. The van der Waals surface area contributed by atoms with Crippen LogP contribution in [0.25, 0.3) is 0 Å². The third-order valence-corrected chi connectivity index (χ3v) is 1.31. The zero-order chi connectivity index (χ0) is 9.14. The Morgan fingerprint density at radius 1 is 1.58 bits per heavy atom. The molecule has 1 heterocycles. The van der Waals surface area contributed by atoms with Crippen LogP contribution in [-0.2, 0) is 20.1 Å². The summed E-state index contributed by atoms with van der Waals surface area (Å²) in [6.07, 6.45) is 0. The van der Waals surface area contributed by atoms with Crippen molar-refractivity contribution in [2.75, 3.05) is 0 Å². The Morgan fingerprint density at radius 2 is 2.25 bits per heavy atom. The Bertz CT molecular complexity index is 373. The molecule has 0 aromatic rings. The van der Waals surface area contributed by atoms with Gasteiger partial charge in [-0.1, -0.05) is 9.59 Å². The Morgan fingerprint density at radius 3 is 2.67 bits per heavy atom. The summed E-state index contributed by atoms with van der Waals surface area (Å²) in [7, 11) is -2.86. The second-order valence-corrected chi connectivity index (χ2v) is 2.36. The normalized spacial score (nSPS) is 20.3. The monoisotopic (exact) mass is 190 g/mol. The van der Waals surface area contributed by atoms with Crippen LogP contribution in [0.1, 0.15) is 0 Å². The van der Waals surface area contributed by atoms with Gasteiger partial charge in [0.15, 0.2) is 0 Å². The molecule has 1 atom stereocenters. The van der Waals surface area contributed by atoms with Crippen LogP contribution in [0, 0.1) is 0 Å². The number of hydrogen-bond acceptors (Lipinski definition) is 6. The Balaban J connectivity index is 2.85. The second kappa shape index (κ2) is 3.17. The molecular formula is C3H2N4O4S. The Hall–Kier alpha value is -1.64. The lowest BCUT2D eigenvalue weighted by atomic mass is 10.3. The second-order valence-electron chi connectivity index (χ2n) is 1.74. The van der Waals surface area contributed by atoms with Crippen LogP contribution in [0.15, 0.2) is 14.7 Å². The molecule has 1 unspecified atom stereocenters. The SMILES string of the molecule is O=C(N=S(=O)=O)C1N=NNC1=O. The molecule has 1 aliphatic heterocycles. The first-order chi connectivity index (χ1) is 5.61. The van der Waals surface area contributed by atoms with Gasteiger partial charge in [0.05, 0.1) is 0 Å². The van der Waals surface area contributed by atoms with E-state index in [1.807, 2.05) is 5.43 Å². The van der Waals surface area contributed by atoms with Crippen LogP contribution in [0.3, 0.4) is 0 Å². The van der Waals surface area contributed by atoms with Gasteiger partial charge in [-0.3, -0.25) is 9.59 Å². The van der Waals surface area contributed by atoms with Crippen LogP contribution in [0.5, 0.6) is 0 Å². The molecule has 0 aromatic carbocycles. The molecule has 64 valence electrons. The highest BCUT2D eigenvalue weighted by Crippen LogP contribution is 2.01. The molecule has 0 bridgehead atoms. The zero-order valence-electron chi connectivity index (χ0n) is 5.46. The first kappa shape index (κ1) is 8.46. The standard InChI is InChI=1S/C3H2N4O4S/c8-2-1(4-7-5-2)3(9)6-12(10)11/h1H,(H,4,5,8). The maximum atomic E-state index is 10.7. The average Bonchev–Trinajstić information content (AvgIpc) is 2.33. The van der Waals surface area contributed by atoms with Crippen molar-refractivity contribution in [2.24, 2.45) is 14.7 Å². The first-order valence-electron chi connectivity index (χ1n) is 2.66. The number of carbonyl (C=O) groups is 2. The summed E-state index contributed by atoms with van der Waals surface area (Å²) in [6, 6.07) is -1.46. The van der Waals surface area contributed by atoms with Gasteiger partial charge < -0.3 is 0 Å². The van der Waals surface area contributed by atoms with Crippen molar-refractivity contribution in [2.45, 2.75) is 6.04 Å². The van der Waals surface area contributed by atoms with Crippen molar-refractivity contribution in [1.29, 1.82) is 0 Å². The van der Waals surface area contributed by atoms with Gasteiger partial charge in [-0.25, -0.2) is 5.43 Å². The molecule has 1 rings (SSSR count). The zero-order valence-corrected chi connectivity index (χ0v) is 6.28. The van der Waals surface area contributed by atoms with Crippen molar-refractivity contribution >= 4 is 22.3 Å².